The minimum absolute atomic E-state index is 0.851. The van der Waals surface area contributed by atoms with E-state index in [9.17, 15) is 0 Å². The Labute approximate surface area is 77.3 Å². The summed E-state index contributed by atoms with van der Waals surface area (Å²) in [5.41, 5.74) is 3.32. The molecular weight excluding hydrogens is 160 g/mol. The average molecular weight is 172 g/mol. The van der Waals surface area contributed by atoms with Gasteiger partial charge < -0.3 is 0 Å². The van der Waals surface area contributed by atoms with Crippen molar-refractivity contribution < 1.29 is 0 Å². The molecule has 2 nitrogen and oxygen atoms in total. The molecule has 0 aliphatic carbocycles. The topological polar surface area (TPSA) is 28.7 Å². The van der Waals surface area contributed by atoms with Crippen LogP contribution in [0.2, 0.25) is 0 Å². The van der Waals surface area contributed by atoms with Gasteiger partial charge >= 0.3 is 0 Å². The summed E-state index contributed by atoms with van der Waals surface area (Å²) in [5.74, 6) is 0. The lowest BCUT2D eigenvalue weighted by Gasteiger charge is -1.94. The predicted octanol–water partition coefficient (Wildman–Crippen LogP) is 2.68. The van der Waals surface area contributed by atoms with Crippen molar-refractivity contribution in [2.45, 2.75) is 13.3 Å². The number of para-hydroxylation sites is 1. The van der Waals surface area contributed by atoms with Gasteiger partial charge in [0.05, 0.1) is 11.2 Å². The van der Waals surface area contributed by atoms with Gasteiger partial charge in [-0.25, -0.2) is 0 Å². The normalized spacial score (nSPS) is 10.5. The van der Waals surface area contributed by atoms with Crippen LogP contribution in [0.15, 0.2) is 36.4 Å². The third-order valence-electron chi connectivity index (χ3n) is 2.02. The molecule has 0 saturated carbocycles. The Morgan fingerprint density at radius 3 is 3.00 bits per heavy atom. The van der Waals surface area contributed by atoms with Gasteiger partial charge in [-0.05, 0) is 13.0 Å². The van der Waals surface area contributed by atoms with Gasteiger partial charge in [0.1, 0.15) is 0 Å². The number of aromatic amines is 1. The van der Waals surface area contributed by atoms with E-state index in [0.717, 1.165) is 23.2 Å². The number of H-pyrrole nitrogens is 1. The molecule has 66 valence electrons. The fraction of sp³-hybridized carbons (Fsp3) is 0.182. The molecule has 2 aromatic rings. The Morgan fingerprint density at radius 2 is 2.23 bits per heavy atom. The van der Waals surface area contributed by atoms with Crippen LogP contribution >= 0.6 is 0 Å². The molecule has 0 unspecified atom stereocenters. The summed E-state index contributed by atoms with van der Waals surface area (Å²) < 4.78 is 0. The lowest BCUT2D eigenvalue weighted by molar-refractivity contribution is 1.00. The second-order valence-electron chi connectivity index (χ2n) is 3.35. The highest BCUT2D eigenvalue weighted by Gasteiger charge is 2.03. The zero-order valence-electron chi connectivity index (χ0n) is 7.67. The van der Waals surface area contributed by atoms with E-state index in [-0.39, 0.29) is 0 Å². The van der Waals surface area contributed by atoms with Crippen LogP contribution < -0.4 is 0 Å². The molecule has 1 N–H and O–H groups in total. The molecule has 2 heteroatoms. The van der Waals surface area contributed by atoms with Crippen molar-refractivity contribution in [1.82, 2.24) is 10.2 Å². The zero-order valence-corrected chi connectivity index (χ0v) is 7.67. The highest BCUT2D eigenvalue weighted by Crippen LogP contribution is 2.16. The van der Waals surface area contributed by atoms with E-state index < -0.39 is 0 Å². The molecule has 0 radical (unpaired) electrons. The summed E-state index contributed by atoms with van der Waals surface area (Å²) in [7, 11) is 0. The molecule has 1 aromatic heterocycles. The van der Waals surface area contributed by atoms with E-state index >= 15 is 0 Å². The molecule has 0 saturated heterocycles. The molecule has 1 aromatic carbocycles. The van der Waals surface area contributed by atoms with E-state index in [1.807, 2.05) is 25.1 Å². The van der Waals surface area contributed by atoms with Crippen molar-refractivity contribution in [2.75, 3.05) is 0 Å². The van der Waals surface area contributed by atoms with Gasteiger partial charge in [-0.1, -0.05) is 30.4 Å². The molecule has 13 heavy (non-hydrogen) atoms. The number of hydrogen-bond donors (Lipinski definition) is 1. The summed E-state index contributed by atoms with van der Waals surface area (Å²) in [4.78, 5) is 0. The first-order valence-electron chi connectivity index (χ1n) is 4.34. The van der Waals surface area contributed by atoms with Crippen molar-refractivity contribution in [1.29, 1.82) is 0 Å². The Bertz CT molecular complexity index is 440. The molecule has 0 bridgehead atoms. The van der Waals surface area contributed by atoms with Crippen molar-refractivity contribution in [3.63, 3.8) is 0 Å². The van der Waals surface area contributed by atoms with Crippen LogP contribution in [0.25, 0.3) is 10.9 Å². The third kappa shape index (κ3) is 1.47. The van der Waals surface area contributed by atoms with Gasteiger partial charge in [0.15, 0.2) is 0 Å². The summed E-state index contributed by atoms with van der Waals surface area (Å²) in [5, 5.41) is 8.45. The largest absolute Gasteiger partial charge is 0.278 e. The fourth-order valence-corrected chi connectivity index (χ4v) is 1.44. The molecule has 0 fully saturated rings. The Kier molecular flexibility index (Phi) is 1.89. The molecule has 0 spiro atoms. The van der Waals surface area contributed by atoms with Crippen molar-refractivity contribution in [2.24, 2.45) is 0 Å². The van der Waals surface area contributed by atoms with E-state index in [0.29, 0.717) is 0 Å². The second kappa shape index (κ2) is 3.05. The minimum Gasteiger partial charge on any atom is -0.278 e. The summed E-state index contributed by atoms with van der Waals surface area (Å²) >= 11 is 0. The van der Waals surface area contributed by atoms with Crippen LogP contribution in [0.1, 0.15) is 12.6 Å². The summed E-state index contributed by atoms with van der Waals surface area (Å²) in [6, 6.07) is 8.15. The maximum Gasteiger partial charge on any atom is 0.0740 e. The number of hydrogen-bond acceptors (Lipinski definition) is 1. The third-order valence-corrected chi connectivity index (χ3v) is 2.02. The van der Waals surface area contributed by atoms with Crippen LogP contribution in [-0.2, 0) is 6.42 Å². The lowest BCUT2D eigenvalue weighted by Crippen LogP contribution is -1.85. The lowest BCUT2D eigenvalue weighted by atomic mass is 10.1. The first-order valence-corrected chi connectivity index (χ1v) is 4.34. The van der Waals surface area contributed by atoms with Crippen LogP contribution in [0, 0.1) is 0 Å². The smallest absolute Gasteiger partial charge is 0.0740 e. The monoisotopic (exact) mass is 172 g/mol. The number of benzene rings is 1. The SMILES string of the molecule is C=C(C)Cc1n[nH]c2ccccc12. The van der Waals surface area contributed by atoms with Crippen LogP contribution in [-0.4, -0.2) is 10.2 Å². The Balaban J connectivity index is 2.51. The van der Waals surface area contributed by atoms with Crippen molar-refractivity contribution in [3.05, 3.63) is 42.1 Å². The standard InChI is InChI=1S/C11H12N2/c1-8(2)7-11-9-5-3-4-6-10(9)12-13-11/h3-6H,1,7H2,2H3,(H,12,13). The maximum atomic E-state index is 4.25. The van der Waals surface area contributed by atoms with E-state index in [2.05, 4.69) is 22.8 Å². The van der Waals surface area contributed by atoms with Gasteiger partial charge in [-0.3, -0.25) is 5.10 Å². The predicted molar refractivity (Wildman–Crippen MR) is 54.6 cm³/mol. The number of aromatic nitrogens is 2. The van der Waals surface area contributed by atoms with Gasteiger partial charge in [0.25, 0.3) is 0 Å². The number of nitrogens with one attached hydrogen (secondary N) is 1. The number of rotatable bonds is 2. The quantitative estimate of drug-likeness (QED) is 0.693. The zero-order chi connectivity index (χ0) is 9.26. The molecule has 2 rings (SSSR count). The first-order chi connectivity index (χ1) is 6.27. The molecule has 0 atom stereocenters. The number of fused-ring (bicyclic) bond motifs is 1. The van der Waals surface area contributed by atoms with E-state index in [1.54, 1.807) is 0 Å². The molecule has 1 heterocycles. The van der Waals surface area contributed by atoms with E-state index in [1.165, 1.54) is 5.39 Å². The summed E-state index contributed by atoms with van der Waals surface area (Å²) in [6.45, 7) is 5.90. The molecular formula is C11H12N2. The molecule has 0 amide bonds. The van der Waals surface area contributed by atoms with Gasteiger partial charge in [-0.2, -0.15) is 5.10 Å². The van der Waals surface area contributed by atoms with Crippen molar-refractivity contribution >= 4 is 10.9 Å². The minimum atomic E-state index is 0.851. The van der Waals surface area contributed by atoms with Gasteiger partial charge in [0, 0.05) is 11.8 Å². The fourth-order valence-electron chi connectivity index (χ4n) is 1.44. The Hall–Kier alpha value is -1.57. The van der Waals surface area contributed by atoms with Crippen molar-refractivity contribution in [3.8, 4) is 0 Å². The van der Waals surface area contributed by atoms with Crippen LogP contribution in [0.5, 0.6) is 0 Å². The highest BCUT2D eigenvalue weighted by atomic mass is 15.1. The average Bonchev–Trinajstić information content (AvgIpc) is 2.48. The van der Waals surface area contributed by atoms with Gasteiger partial charge in [-0.15, -0.1) is 0 Å². The van der Waals surface area contributed by atoms with E-state index in [4.69, 9.17) is 0 Å². The Morgan fingerprint density at radius 1 is 1.46 bits per heavy atom. The maximum absolute atomic E-state index is 4.25. The van der Waals surface area contributed by atoms with Crippen LogP contribution in [0.3, 0.4) is 0 Å². The molecule has 0 aliphatic heterocycles. The number of nitrogens with zero attached hydrogens (tertiary/aromatic N) is 1. The summed E-state index contributed by atoms with van der Waals surface area (Å²) in [6.07, 6.45) is 0.851. The van der Waals surface area contributed by atoms with Gasteiger partial charge in [0.2, 0.25) is 0 Å². The number of allylic oxidation sites excluding steroid dienone is 1. The molecule has 0 aliphatic rings. The first kappa shape index (κ1) is 8.05. The van der Waals surface area contributed by atoms with Crippen LogP contribution in [0.4, 0.5) is 0 Å². The second-order valence-corrected chi connectivity index (χ2v) is 3.35. The highest BCUT2D eigenvalue weighted by molar-refractivity contribution is 5.81.